The molecule has 11 nitrogen and oxygen atoms in total. The number of esters is 1. The average molecular weight is 693 g/mol. The standard InChI is InChI=1S/C36H31F3N2O9/c1-41(2)32(44)28-18-21(19-30(42)50-20-35(33(45)46,34(47)48)23-13-15-25(49-3)16-14-23)8-17-29(28)40-31(43)27-7-5-4-6-26(27)22-9-11-24(12-10-22)36(37,38)39/h4-18H,19-20H2,1-3H3,(H,40,43)(H,45,46)(H,47,48). The number of carboxylic acids is 2. The fraction of sp³-hybridized carbons (Fsp3) is 0.194. The van der Waals surface area contributed by atoms with Crippen LogP contribution in [0.25, 0.3) is 11.1 Å². The summed E-state index contributed by atoms with van der Waals surface area (Å²) in [5.41, 5.74) is -2.57. The van der Waals surface area contributed by atoms with E-state index in [1.807, 2.05) is 0 Å². The number of anilines is 1. The first-order valence-corrected chi connectivity index (χ1v) is 14.8. The van der Waals surface area contributed by atoms with E-state index in [1.165, 1.54) is 86.8 Å². The molecule has 3 N–H and O–H groups in total. The van der Waals surface area contributed by atoms with Crippen molar-refractivity contribution in [2.45, 2.75) is 18.0 Å². The molecule has 0 aliphatic heterocycles. The minimum atomic E-state index is -4.54. The van der Waals surface area contributed by atoms with Crippen LogP contribution in [0, 0.1) is 0 Å². The molecule has 0 aliphatic carbocycles. The SMILES string of the molecule is COc1ccc(C(COC(=O)Cc2ccc(NC(=O)c3ccccc3-c3ccc(C(F)(F)F)cc3)c(C(=O)N(C)C)c2)(C(=O)O)C(=O)O)cc1. The van der Waals surface area contributed by atoms with Crippen LogP contribution in [0.2, 0.25) is 0 Å². The molecule has 0 aromatic heterocycles. The summed E-state index contributed by atoms with van der Waals surface area (Å²) in [7, 11) is 4.30. The van der Waals surface area contributed by atoms with E-state index in [0.29, 0.717) is 16.9 Å². The van der Waals surface area contributed by atoms with Gasteiger partial charge in [-0.1, -0.05) is 48.5 Å². The molecule has 0 saturated carbocycles. The Morgan fingerprint density at radius 2 is 1.38 bits per heavy atom. The molecular weight excluding hydrogens is 661 g/mol. The molecule has 4 aromatic rings. The fourth-order valence-electron chi connectivity index (χ4n) is 5.02. The van der Waals surface area contributed by atoms with E-state index in [4.69, 9.17) is 9.47 Å². The van der Waals surface area contributed by atoms with Crippen LogP contribution in [0.4, 0.5) is 18.9 Å². The lowest BCUT2D eigenvalue weighted by Crippen LogP contribution is -2.48. The Morgan fingerprint density at radius 3 is 1.94 bits per heavy atom. The van der Waals surface area contributed by atoms with Crippen molar-refractivity contribution in [3.63, 3.8) is 0 Å². The van der Waals surface area contributed by atoms with Crippen molar-refractivity contribution in [3.8, 4) is 16.9 Å². The molecule has 0 radical (unpaired) electrons. The summed E-state index contributed by atoms with van der Waals surface area (Å²) >= 11 is 0. The molecule has 50 heavy (non-hydrogen) atoms. The number of benzene rings is 4. The first kappa shape index (κ1) is 36.7. The number of carbonyl (C=O) groups is 5. The Kier molecular flexibility index (Phi) is 10.9. The van der Waals surface area contributed by atoms with Crippen molar-refractivity contribution in [1.29, 1.82) is 0 Å². The van der Waals surface area contributed by atoms with Gasteiger partial charge in [-0.25, -0.2) is 0 Å². The maximum Gasteiger partial charge on any atom is 0.416 e. The monoisotopic (exact) mass is 692 g/mol. The minimum absolute atomic E-state index is 0.0238. The summed E-state index contributed by atoms with van der Waals surface area (Å²) in [4.78, 5) is 65.2. The predicted octanol–water partition coefficient (Wildman–Crippen LogP) is 5.53. The number of rotatable bonds is 12. The largest absolute Gasteiger partial charge is 0.497 e. The van der Waals surface area contributed by atoms with Gasteiger partial charge in [0.1, 0.15) is 12.4 Å². The van der Waals surface area contributed by atoms with Crippen LogP contribution < -0.4 is 10.1 Å². The molecule has 14 heteroatoms. The highest BCUT2D eigenvalue weighted by atomic mass is 19.4. The number of alkyl halides is 3. The zero-order valence-electron chi connectivity index (χ0n) is 26.9. The zero-order valence-corrected chi connectivity index (χ0v) is 26.9. The van der Waals surface area contributed by atoms with Gasteiger partial charge in [-0.3, -0.25) is 24.0 Å². The van der Waals surface area contributed by atoms with Gasteiger partial charge in [0, 0.05) is 19.7 Å². The van der Waals surface area contributed by atoms with Gasteiger partial charge in [-0.05, 0) is 64.7 Å². The van der Waals surface area contributed by atoms with Crippen molar-refractivity contribution in [1.82, 2.24) is 4.90 Å². The number of amides is 2. The highest BCUT2D eigenvalue weighted by Gasteiger charge is 2.50. The molecule has 4 rings (SSSR count). The van der Waals surface area contributed by atoms with Crippen LogP contribution in [0.15, 0.2) is 91.0 Å². The van der Waals surface area contributed by atoms with Crippen molar-refractivity contribution >= 4 is 35.4 Å². The molecule has 4 aromatic carbocycles. The molecule has 0 saturated heterocycles. The Hall–Kier alpha value is -6.18. The van der Waals surface area contributed by atoms with E-state index in [9.17, 15) is 47.4 Å². The van der Waals surface area contributed by atoms with Crippen LogP contribution in [-0.4, -0.2) is 72.6 Å². The van der Waals surface area contributed by atoms with Gasteiger partial charge in [0.2, 0.25) is 5.41 Å². The predicted molar refractivity (Wildman–Crippen MR) is 174 cm³/mol. The highest BCUT2D eigenvalue weighted by Crippen LogP contribution is 2.33. The number of carbonyl (C=O) groups excluding carboxylic acids is 3. The number of ether oxygens (including phenoxy) is 2. The lowest BCUT2D eigenvalue weighted by Gasteiger charge is -2.25. The summed E-state index contributed by atoms with van der Waals surface area (Å²) < 4.78 is 49.5. The Labute approximate surface area is 283 Å². The molecule has 0 unspecified atom stereocenters. The number of hydrogen-bond donors (Lipinski definition) is 3. The van der Waals surface area contributed by atoms with E-state index in [0.717, 1.165) is 12.1 Å². The smallest absolute Gasteiger partial charge is 0.416 e. The van der Waals surface area contributed by atoms with Crippen LogP contribution in [0.5, 0.6) is 5.75 Å². The van der Waals surface area contributed by atoms with Gasteiger partial charge >= 0.3 is 24.1 Å². The van der Waals surface area contributed by atoms with E-state index in [-0.39, 0.29) is 27.9 Å². The average Bonchev–Trinajstić information content (AvgIpc) is 3.08. The number of nitrogens with zero attached hydrogens (tertiary/aromatic N) is 1. The summed E-state index contributed by atoms with van der Waals surface area (Å²) in [6.07, 6.45) is -5.02. The first-order chi connectivity index (χ1) is 23.6. The highest BCUT2D eigenvalue weighted by molar-refractivity contribution is 6.12. The third-order valence-electron chi connectivity index (χ3n) is 7.77. The van der Waals surface area contributed by atoms with Crippen molar-refractivity contribution < 1.29 is 56.8 Å². The zero-order chi connectivity index (χ0) is 36.8. The van der Waals surface area contributed by atoms with Gasteiger partial charge in [0.05, 0.1) is 30.3 Å². The third-order valence-corrected chi connectivity index (χ3v) is 7.77. The van der Waals surface area contributed by atoms with Crippen LogP contribution >= 0.6 is 0 Å². The Balaban J connectivity index is 1.57. The van der Waals surface area contributed by atoms with Crippen LogP contribution in [0.3, 0.4) is 0 Å². The maximum atomic E-state index is 13.5. The lowest BCUT2D eigenvalue weighted by molar-refractivity contribution is -0.164. The van der Waals surface area contributed by atoms with Gasteiger partial charge in [-0.2, -0.15) is 13.2 Å². The molecule has 0 aliphatic rings. The van der Waals surface area contributed by atoms with E-state index in [1.54, 1.807) is 18.2 Å². The normalized spacial score (nSPS) is 11.3. The summed E-state index contributed by atoms with van der Waals surface area (Å²) in [5.74, 6) is -5.39. The van der Waals surface area contributed by atoms with E-state index >= 15 is 0 Å². The van der Waals surface area contributed by atoms with E-state index < -0.39 is 59.9 Å². The molecule has 0 spiro atoms. The molecular formula is C36H31F3N2O9. The molecule has 0 heterocycles. The molecule has 2 amide bonds. The summed E-state index contributed by atoms with van der Waals surface area (Å²) in [5, 5.41) is 22.5. The molecule has 0 fully saturated rings. The van der Waals surface area contributed by atoms with Gasteiger partial charge < -0.3 is 29.9 Å². The quantitative estimate of drug-likeness (QED) is 0.128. The van der Waals surface area contributed by atoms with E-state index in [2.05, 4.69) is 5.32 Å². The second kappa shape index (κ2) is 14.9. The second-order valence-electron chi connectivity index (χ2n) is 11.2. The first-order valence-electron chi connectivity index (χ1n) is 14.8. The second-order valence-corrected chi connectivity index (χ2v) is 11.2. The number of carboxylic acid groups (broad SMARTS) is 2. The van der Waals surface area contributed by atoms with Crippen LogP contribution in [0.1, 0.15) is 37.4 Å². The summed E-state index contributed by atoms with van der Waals surface area (Å²) in [6, 6.07) is 19.9. The van der Waals surface area contributed by atoms with Crippen molar-refractivity contribution in [3.05, 3.63) is 119 Å². The number of aliphatic carboxylic acids is 2. The number of nitrogens with one attached hydrogen (secondary N) is 1. The Morgan fingerprint density at radius 1 is 0.780 bits per heavy atom. The van der Waals surface area contributed by atoms with Gasteiger partial charge in [0.15, 0.2) is 0 Å². The third kappa shape index (κ3) is 7.92. The maximum absolute atomic E-state index is 13.5. The van der Waals surface area contributed by atoms with Crippen LogP contribution in [-0.2, 0) is 37.1 Å². The molecule has 260 valence electrons. The topological polar surface area (TPSA) is 160 Å². The Bertz CT molecular complexity index is 1910. The number of hydrogen-bond acceptors (Lipinski definition) is 7. The minimum Gasteiger partial charge on any atom is -0.497 e. The van der Waals surface area contributed by atoms with Crippen molar-refractivity contribution in [2.75, 3.05) is 33.1 Å². The molecule has 0 bridgehead atoms. The number of methoxy groups -OCH3 is 1. The van der Waals surface area contributed by atoms with Gasteiger partial charge in [-0.15, -0.1) is 0 Å². The van der Waals surface area contributed by atoms with Gasteiger partial charge in [0.25, 0.3) is 11.8 Å². The molecule has 0 atom stereocenters. The lowest BCUT2D eigenvalue weighted by atomic mass is 9.81. The van der Waals surface area contributed by atoms with Crippen molar-refractivity contribution in [2.24, 2.45) is 0 Å². The number of halogens is 3. The fourth-order valence-corrected chi connectivity index (χ4v) is 5.02. The summed E-state index contributed by atoms with van der Waals surface area (Å²) in [6.45, 7) is -1.04.